The first-order valence-electron chi connectivity index (χ1n) is 6.84. The number of hydrogen-bond acceptors (Lipinski definition) is 3. The van der Waals surface area contributed by atoms with E-state index in [9.17, 15) is 9.59 Å². The highest BCUT2D eigenvalue weighted by atomic mass is 16.5. The number of benzene rings is 1. The molecule has 2 aliphatic carbocycles. The van der Waals surface area contributed by atoms with Crippen LogP contribution in [0.15, 0.2) is 18.2 Å². The largest absolute Gasteiger partial charge is 0.496 e. The number of aromatic carboxylic acids is 1. The Balaban J connectivity index is 1.71. The highest BCUT2D eigenvalue weighted by Gasteiger charge is 2.56. The van der Waals surface area contributed by atoms with Crippen molar-refractivity contribution in [2.75, 3.05) is 12.4 Å². The van der Waals surface area contributed by atoms with Crippen molar-refractivity contribution >= 4 is 17.6 Å². The van der Waals surface area contributed by atoms with Gasteiger partial charge in [0.05, 0.1) is 7.11 Å². The van der Waals surface area contributed by atoms with Gasteiger partial charge in [-0.15, -0.1) is 0 Å². The standard InChI is InChI=1S/C15H17NO4/c1-20-12-7-8(5-6-11(12)15(18)19)16-14(17)13-9-3-2-4-10(9)13/h5-7,9-10,13H,2-4H2,1H3,(H,16,17)(H,18,19). The molecule has 2 saturated carbocycles. The number of carboxylic acid groups (broad SMARTS) is 1. The van der Waals surface area contributed by atoms with Crippen LogP contribution < -0.4 is 10.1 Å². The number of methoxy groups -OCH3 is 1. The van der Waals surface area contributed by atoms with Crippen molar-refractivity contribution in [1.29, 1.82) is 0 Å². The van der Waals surface area contributed by atoms with E-state index in [1.165, 1.54) is 19.6 Å². The van der Waals surface area contributed by atoms with Crippen LogP contribution in [0.1, 0.15) is 29.6 Å². The minimum atomic E-state index is -1.04. The SMILES string of the molecule is COc1cc(NC(=O)C2C3CCCC32)ccc1C(=O)O. The van der Waals surface area contributed by atoms with Gasteiger partial charge < -0.3 is 15.2 Å². The van der Waals surface area contributed by atoms with Crippen LogP contribution in [0.5, 0.6) is 5.75 Å². The molecule has 1 amide bonds. The molecule has 5 heteroatoms. The summed E-state index contributed by atoms with van der Waals surface area (Å²) in [7, 11) is 1.42. The van der Waals surface area contributed by atoms with Crippen molar-refractivity contribution in [2.45, 2.75) is 19.3 Å². The number of hydrogen-bond donors (Lipinski definition) is 2. The van der Waals surface area contributed by atoms with Crippen LogP contribution in [0, 0.1) is 17.8 Å². The number of ether oxygens (including phenoxy) is 1. The van der Waals surface area contributed by atoms with Gasteiger partial charge in [0.1, 0.15) is 11.3 Å². The zero-order valence-corrected chi connectivity index (χ0v) is 11.3. The van der Waals surface area contributed by atoms with Gasteiger partial charge in [0.2, 0.25) is 5.91 Å². The van der Waals surface area contributed by atoms with Gasteiger partial charge in [0, 0.05) is 17.7 Å². The van der Waals surface area contributed by atoms with Crippen molar-refractivity contribution in [3.8, 4) is 5.75 Å². The number of carbonyl (C=O) groups is 2. The molecule has 2 unspecified atom stereocenters. The van der Waals surface area contributed by atoms with E-state index in [0.717, 1.165) is 12.8 Å². The van der Waals surface area contributed by atoms with Crippen LogP contribution in [0.3, 0.4) is 0 Å². The van der Waals surface area contributed by atoms with Crippen LogP contribution in [0.2, 0.25) is 0 Å². The molecule has 5 nitrogen and oxygen atoms in total. The number of carbonyl (C=O) groups excluding carboxylic acids is 1. The second-order valence-electron chi connectivity index (χ2n) is 5.49. The summed E-state index contributed by atoms with van der Waals surface area (Å²) < 4.78 is 5.05. The third kappa shape index (κ3) is 2.13. The molecule has 20 heavy (non-hydrogen) atoms. The van der Waals surface area contributed by atoms with Gasteiger partial charge in [0.15, 0.2) is 0 Å². The molecular formula is C15H17NO4. The highest BCUT2D eigenvalue weighted by molar-refractivity contribution is 5.97. The topological polar surface area (TPSA) is 75.6 Å². The molecule has 1 aromatic rings. The fourth-order valence-electron chi connectivity index (χ4n) is 3.38. The summed E-state index contributed by atoms with van der Waals surface area (Å²) in [4.78, 5) is 23.1. The smallest absolute Gasteiger partial charge is 0.339 e. The molecule has 0 heterocycles. The van der Waals surface area contributed by atoms with E-state index in [4.69, 9.17) is 9.84 Å². The summed E-state index contributed by atoms with van der Waals surface area (Å²) in [6.45, 7) is 0. The first-order valence-corrected chi connectivity index (χ1v) is 6.84. The van der Waals surface area contributed by atoms with E-state index < -0.39 is 5.97 Å². The Morgan fingerprint density at radius 2 is 2.00 bits per heavy atom. The van der Waals surface area contributed by atoms with Crippen molar-refractivity contribution in [2.24, 2.45) is 17.8 Å². The molecule has 0 bridgehead atoms. The second-order valence-corrected chi connectivity index (χ2v) is 5.49. The molecule has 0 radical (unpaired) electrons. The fourth-order valence-corrected chi connectivity index (χ4v) is 3.38. The van der Waals surface area contributed by atoms with Gasteiger partial charge in [-0.2, -0.15) is 0 Å². The summed E-state index contributed by atoms with van der Waals surface area (Å²) in [6.07, 6.45) is 3.55. The van der Waals surface area contributed by atoms with Crippen LogP contribution >= 0.6 is 0 Å². The van der Waals surface area contributed by atoms with Crippen LogP contribution in [-0.2, 0) is 4.79 Å². The number of fused-ring (bicyclic) bond motifs is 1. The summed E-state index contributed by atoms with van der Waals surface area (Å²) in [6, 6.07) is 4.60. The lowest BCUT2D eigenvalue weighted by Gasteiger charge is -2.10. The quantitative estimate of drug-likeness (QED) is 0.884. The van der Waals surface area contributed by atoms with Crippen LogP contribution in [0.25, 0.3) is 0 Å². The second kappa shape index (κ2) is 4.81. The van der Waals surface area contributed by atoms with E-state index >= 15 is 0 Å². The summed E-state index contributed by atoms with van der Waals surface area (Å²) in [5.41, 5.74) is 0.676. The van der Waals surface area contributed by atoms with E-state index in [0.29, 0.717) is 17.5 Å². The number of nitrogens with one attached hydrogen (secondary N) is 1. The zero-order valence-electron chi connectivity index (χ0n) is 11.3. The molecule has 1 aromatic carbocycles. The van der Waals surface area contributed by atoms with Crippen LogP contribution in [-0.4, -0.2) is 24.1 Å². The molecule has 2 N–H and O–H groups in total. The summed E-state index contributed by atoms with van der Waals surface area (Å²) >= 11 is 0. The van der Waals surface area contributed by atoms with Gasteiger partial charge in [-0.05, 0) is 36.8 Å². The predicted molar refractivity (Wildman–Crippen MR) is 72.9 cm³/mol. The number of rotatable bonds is 4. The summed E-state index contributed by atoms with van der Waals surface area (Å²) in [5, 5.41) is 11.9. The number of anilines is 1. The van der Waals surface area contributed by atoms with Crippen molar-refractivity contribution in [3.63, 3.8) is 0 Å². The number of carboxylic acids is 1. The fraction of sp³-hybridized carbons (Fsp3) is 0.467. The van der Waals surface area contributed by atoms with E-state index in [1.807, 2.05) is 0 Å². The molecule has 0 aliphatic heterocycles. The molecule has 106 valence electrons. The van der Waals surface area contributed by atoms with Crippen LogP contribution in [0.4, 0.5) is 5.69 Å². The minimum Gasteiger partial charge on any atom is -0.496 e. The van der Waals surface area contributed by atoms with E-state index in [1.54, 1.807) is 12.1 Å². The molecule has 2 aliphatic rings. The molecule has 2 atom stereocenters. The van der Waals surface area contributed by atoms with Crippen molar-refractivity contribution in [1.82, 2.24) is 0 Å². The Kier molecular flexibility index (Phi) is 3.12. The highest BCUT2D eigenvalue weighted by Crippen LogP contribution is 2.57. The lowest BCUT2D eigenvalue weighted by molar-refractivity contribution is -0.118. The molecule has 2 fully saturated rings. The van der Waals surface area contributed by atoms with Gasteiger partial charge >= 0.3 is 5.97 Å². The molecule has 0 aromatic heterocycles. The third-order valence-corrected chi connectivity index (χ3v) is 4.41. The lowest BCUT2D eigenvalue weighted by Crippen LogP contribution is -2.16. The monoisotopic (exact) mass is 275 g/mol. The molecule has 0 spiro atoms. The van der Waals surface area contributed by atoms with Crippen molar-refractivity contribution < 1.29 is 19.4 Å². The van der Waals surface area contributed by atoms with Gasteiger partial charge in [-0.3, -0.25) is 4.79 Å². The summed E-state index contributed by atoms with van der Waals surface area (Å²) in [5.74, 6) is 0.534. The predicted octanol–water partition coefficient (Wildman–Crippen LogP) is 2.38. The average Bonchev–Trinajstić information content (AvgIpc) is 2.92. The normalized spacial score (nSPS) is 26.8. The maximum absolute atomic E-state index is 12.1. The number of amides is 1. The Morgan fingerprint density at radius 3 is 2.60 bits per heavy atom. The molecule has 0 saturated heterocycles. The lowest BCUT2D eigenvalue weighted by atomic mass is 10.1. The van der Waals surface area contributed by atoms with Gasteiger partial charge in [-0.1, -0.05) is 6.42 Å². The minimum absolute atomic E-state index is 0.0461. The zero-order chi connectivity index (χ0) is 14.3. The Morgan fingerprint density at radius 1 is 1.30 bits per heavy atom. The van der Waals surface area contributed by atoms with Crippen molar-refractivity contribution in [3.05, 3.63) is 23.8 Å². The van der Waals surface area contributed by atoms with E-state index in [-0.39, 0.29) is 23.1 Å². The molecular weight excluding hydrogens is 258 g/mol. The average molecular weight is 275 g/mol. The van der Waals surface area contributed by atoms with E-state index in [2.05, 4.69) is 5.32 Å². The first-order chi connectivity index (χ1) is 9.61. The Labute approximate surface area is 116 Å². The van der Waals surface area contributed by atoms with Gasteiger partial charge in [-0.25, -0.2) is 4.79 Å². The Hall–Kier alpha value is -2.04. The first kappa shape index (κ1) is 13.0. The molecule has 3 rings (SSSR count). The Bertz CT molecular complexity index is 559. The maximum atomic E-state index is 12.1. The maximum Gasteiger partial charge on any atom is 0.339 e. The third-order valence-electron chi connectivity index (χ3n) is 4.41. The van der Waals surface area contributed by atoms with Gasteiger partial charge in [0.25, 0.3) is 0 Å².